The monoisotopic (exact) mass is 230 g/mol. The molecule has 0 aromatic heterocycles. The first-order valence-electron chi connectivity index (χ1n) is 5.78. The van der Waals surface area contributed by atoms with Crippen LogP contribution >= 0.6 is 0 Å². The highest BCUT2D eigenvalue weighted by Gasteiger charge is 2.25. The van der Waals surface area contributed by atoms with E-state index >= 15 is 0 Å². The van der Waals surface area contributed by atoms with Crippen LogP contribution in [0.15, 0.2) is 0 Å². The number of carbonyl (C=O) groups is 1. The minimum Gasteiger partial charge on any atom is -0.383 e. The molecule has 94 valence electrons. The number of hydrogen-bond donors (Lipinski definition) is 2. The van der Waals surface area contributed by atoms with Crippen molar-refractivity contribution in [1.82, 2.24) is 10.6 Å². The zero-order valence-electron chi connectivity index (χ0n) is 10.1. The van der Waals surface area contributed by atoms with Crippen molar-refractivity contribution in [3.05, 3.63) is 0 Å². The Morgan fingerprint density at radius 3 is 2.81 bits per heavy atom. The number of rotatable bonds is 7. The van der Waals surface area contributed by atoms with Gasteiger partial charge in [-0.25, -0.2) is 0 Å². The third kappa shape index (κ3) is 4.92. The zero-order chi connectivity index (χ0) is 11.8. The van der Waals surface area contributed by atoms with Crippen molar-refractivity contribution < 1.29 is 14.3 Å². The van der Waals surface area contributed by atoms with Gasteiger partial charge in [0.15, 0.2) is 0 Å². The Morgan fingerprint density at radius 2 is 2.19 bits per heavy atom. The molecule has 0 aromatic rings. The zero-order valence-corrected chi connectivity index (χ0v) is 10.1. The highest BCUT2D eigenvalue weighted by Crippen LogP contribution is 2.21. The minimum atomic E-state index is 0.0536. The Balaban J connectivity index is 2.06. The predicted molar refractivity (Wildman–Crippen MR) is 61.3 cm³/mol. The van der Waals surface area contributed by atoms with Crippen LogP contribution in [0.25, 0.3) is 0 Å². The van der Waals surface area contributed by atoms with Gasteiger partial charge in [-0.05, 0) is 19.3 Å². The van der Waals surface area contributed by atoms with E-state index in [0.29, 0.717) is 25.8 Å². The van der Waals surface area contributed by atoms with Gasteiger partial charge in [0, 0.05) is 26.8 Å². The first-order chi connectivity index (χ1) is 7.76. The molecule has 1 aliphatic rings. The van der Waals surface area contributed by atoms with E-state index < -0.39 is 0 Å². The van der Waals surface area contributed by atoms with E-state index in [4.69, 9.17) is 9.47 Å². The molecule has 16 heavy (non-hydrogen) atoms. The van der Waals surface area contributed by atoms with Gasteiger partial charge in [-0.1, -0.05) is 0 Å². The molecule has 5 heteroatoms. The third-order valence-corrected chi connectivity index (χ3v) is 2.85. The molecule has 2 N–H and O–H groups in total. The molecule has 5 nitrogen and oxygen atoms in total. The lowest BCUT2D eigenvalue weighted by Crippen LogP contribution is -2.40. The van der Waals surface area contributed by atoms with Crippen LogP contribution in [0.5, 0.6) is 0 Å². The summed E-state index contributed by atoms with van der Waals surface area (Å²) in [6.45, 7) is 1.69. The minimum absolute atomic E-state index is 0.0536. The summed E-state index contributed by atoms with van der Waals surface area (Å²) < 4.78 is 10.1. The van der Waals surface area contributed by atoms with Crippen LogP contribution in [0.1, 0.15) is 19.3 Å². The Hall–Kier alpha value is -0.650. The fraction of sp³-hybridized carbons (Fsp3) is 0.909. The molecular weight excluding hydrogens is 208 g/mol. The maximum atomic E-state index is 11.5. The predicted octanol–water partition coefficient (Wildman–Crippen LogP) is -0.0939. The molecule has 1 rings (SSSR count). The highest BCUT2D eigenvalue weighted by molar-refractivity contribution is 5.78. The quantitative estimate of drug-likeness (QED) is 0.600. The van der Waals surface area contributed by atoms with Gasteiger partial charge in [-0.15, -0.1) is 0 Å². The molecule has 0 saturated heterocycles. The van der Waals surface area contributed by atoms with E-state index in [0.717, 1.165) is 19.3 Å². The fourth-order valence-corrected chi connectivity index (χ4v) is 1.94. The highest BCUT2D eigenvalue weighted by atomic mass is 16.5. The first-order valence-corrected chi connectivity index (χ1v) is 5.78. The second kappa shape index (κ2) is 7.60. The van der Waals surface area contributed by atoms with Gasteiger partial charge in [0.2, 0.25) is 5.91 Å². The molecule has 1 amide bonds. The van der Waals surface area contributed by atoms with Crippen molar-refractivity contribution in [3.63, 3.8) is 0 Å². The van der Waals surface area contributed by atoms with E-state index in [2.05, 4.69) is 10.6 Å². The maximum Gasteiger partial charge on any atom is 0.234 e. The van der Waals surface area contributed by atoms with Crippen LogP contribution in [-0.2, 0) is 14.3 Å². The van der Waals surface area contributed by atoms with E-state index in [1.165, 1.54) is 0 Å². The van der Waals surface area contributed by atoms with Gasteiger partial charge in [0.05, 0.1) is 19.3 Å². The van der Waals surface area contributed by atoms with E-state index in [-0.39, 0.29) is 11.9 Å². The van der Waals surface area contributed by atoms with Crippen molar-refractivity contribution in [1.29, 1.82) is 0 Å². The average Bonchev–Trinajstić information content (AvgIpc) is 2.72. The van der Waals surface area contributed by atoms with E-state index in [9.17, 15) is 4.79 Å². The summed E-state index contributed by atoms with van der Waals surface area (Å²) >= 11 is 0. The molecule has 0 aromatic carbocycles. The largest absolute Gasteiger partial charge is 0.383 e. The van der Waals surface area contributed by atoms with Crippen molar-refractivity contribution in [3.8, 4) is 0 Å². The molecule has 0 radical (unpaired) electrons. The third-order valence-electron chi connectivity index (χ3n) is 2.85. The lowest BCUT2D eigenvalue weighted by Gasteiger charge is -2.13. The average molecular weight is 230 g/mol. The number of ether oxygens (including phenoxy) is 2. The molecule has 0 aliphatic heterocycles. The molecule has 1 aliphatic carbocycles. The molecule has 2 unspecified atom stereocenters. The summed E-state index contributed by atoms with van der Waals surface area (Å²) in [5, 5.41) is 6.01. The molecule has 2 atom stereocenters. The first kappa shape index (κ1) is 13.4. The Labute approximate surface area is 96.9 Å². The van der Waals surface area contributed by atoms with Crippen molar-refractivity contribution in [2.45, 2.75) is 31.4 Å². The summed E-state index contributed by atoms with van der Waals surface area (Å²) in [4.78, 5) is 11.5. The van der Waals surface area contributed by atoms with Crippen LogP contribution in [0, 0.1) is 0 Å². The van der Waals surface area contributed by atoms with Crippen LogP contribution in [0.2, 0.25) is 0 Å². The van der Waals surface area contributed by atoms with Crippen molar-refractivity contribution in [2.24, 2.45) is 0 Å². The lowest BCUT2D eigenvalue weighted by atomic mass is 10.2. The summed E-state index contributed by atoms with van der Waals surface area (Å²) in [6, 6.07) is 0.279. The van der Waals surface area contributed by atoms with Gasteiger partial charge >= 0.3 is 0 Å². The molecule has 0 heterocycles. The van der Waals surface area contributed by atoms with Crippen LogP contribution in [0.4, 0.5) is 0 Å². The number of hydrogen-bond acceptors (Lipinski definition) is 4. The lowest BCUT2D eigenvalue weighted by molar-refractivity contribution is -0.120. The van der Waals surface area contributed by atoms with E-state index in [1.807, 2.05) is 0 Å². The van der Waals surface area contributed by atoms with Crippen LogP contribution < -0.4 is 10.6 Å². The van der Waals surface area contributed by atoms with Crippen LogP contribution in [-0.4, -0.2) is 52.0 Å². The maximum absolute atomic E-state index is 11.5. The Morgan fingerprint density at radius 1 is 1.38 bits per heavy atom. The van der Waals surface area contributed by atoms with Crippen LogP contribution in [0.3, 0.4) is 0 Å². The van der Waals surface area contributed by atoms with Gasteiger partial charge in [-0.3, -0.25) is 4.79 Å². The Kier molecular flexibility index (Phi) is 6.37. The second-order valence-corrected chi connectivity index (χ2v) is 4.10. The van der Waals surface area contributed by atoms with Crippen molar-refractivity contribution in [2.75, 3.05) is 33.9 Å². The fourth-order valence-electron chi connectivity index (χ4n) is 1.94. The summed E-state index contributed by atoms with van der Waals surface area (Å²) in [5.74, 6) is 0.0536. The molecule has 1 saturated carbocycles. The topological polar surface area (TPSA) is 59.6 Å². The second-order valence-electron chi connectivity index (χ2n) is 4.10. The van der Waals surface area contributed by atoms with Crippen molar-refractivity contribution >= 4 is 5.91 Å². The number of methoxy groups -OCH3 is 2. The molecule has 0 spiro atoms. The summed E-state index contributed by atoms with van der Waals surface area (Å²) in [7, 11) is 3.37. The summed E-state index contributed by atoms with van der Waals surface area (Å²) in [6.07, 6.45) is 3.30. The molecule has 1 fully saturated rings. The normalized spacial score (nSPS) is 24.6. The number of amides is 1. The molecular formula is C11H22N2O3. The van der Waals surface area contributed by atoms with Gasteiger partial charge in [0.25, 0.3) is 0 Å². The van der Waals surface area contributed by atoms with Gasteiger partial charge in [0.1, 0.15) is 0 Å². The SMILES string of the molecule is COCCNCC(=O)NC1CCC(OC)C1. The smallest absolute Gasteiger partial charge is 0.234 e. The van der Waals surface area contributed by atoms with E-state index in [1.54, 1.807) is 14.2 Å². The Bertz CT molecular complexity index is 211. The van der Waals surface area contributed by atoms with Gasteiger partial charge < -0.3 is 20.1 Å². The standard InChI is InChI=1S/C11H22N2O3/c1-15-6-5-12-8-11(14)13-9-3-4-10(7-9)16-2/h9-10,12H,3-8H2,1-2H3,(H,13,14). The number of nitrogens with one attached hydrogen (secondary N) is 2. The molecule has 0 bridgehead atoms. The van der Waals surface area contributed by atoms with Gasteiger partial charge in [-0.2, -0.15) is 0 Å². The summed E-state index contributed by atoms with van der Waals surface area (Å²) in [5.41, 5.74) is 0. The number of carbonyl (C=O) groups excluding carboxylic acids is 1.